The minimum absolute atomic E-state index is 0.0909. The number of halogens is 1. The summed E-state index contributed by atoms with van der Waals surface area (Å²) in [5, 5.41) is 0.369. The lowest BCUT2D eigenvalue weighted by molar-refractivity contribution is 0.0761. The highest BCUT2D eigenvalue weighted by molar-refractivity contribution is 7.21. The van der Waals surface area contributed by atoms with Gasteiger partial charge in [0, 0.05) is 17.8 Å². The van der Waals surface area contributed by atoms with Gasteiger partial charge in [-0.15, -0.1) is 11.3 Å². The van der Waals surface area contributed by atoms with E-state index in [4.69, 9.17) is 5.73 Å². The molecule has 1 aromatic carbocycles. The van der Waals surface area contributed by atoms with Crippen molar-refractivity contribution in [2.75, 3.05) is 18.8 Å². The number of hydrogen-bond acceptors (Lipinski definition) is 3. The number of amides is 1. The Hall–Kier alpha value is -1.62. The van der Waals surface area contributed by atoms with Crippen LogP contribution < -0.4 is 5.73 Å². The molecule has 3 nitrogen and oxygen atoms in total. The number of anilines is 1. The Morgan fingerprint density at radius 1 is 1.30 bits per heavy atom. The Kier molecular flexibility index (Phi) is 4.60. The van der Waals surface area contributed by atoms with Crippen LogP contribution in [0.5, 0.6) is 0 Å². The van der Waals surface area contributed by atoms with Gasteiger partial charge in [0.1, 0.15) is 10.7 Å². The molecule has 2 N–H and O–H groups in total. The van der Waals surface area contributed by atoms with Crippen LogP contribution in [0.25, 0.3) is 10.1 Å². The summed E-state index contributed by atoms with van der Waals surface area (Å²) in [6.45, 7) is 5.46. The van der Waals surface area contributed by atoms with Gasteiger partial charge < -0.3 is 10.6 Å². The van der Waals surface area contributed by atoms with E-state index in [1.807, 2.05) is 13.8 Å². The van der Waals surface area contributed by atoms with Crippen molar-refractivity contribution in [3.8, 4) is 0 Å². The second-order valence-electron chi connectivity index (χ2n) is 4.75. The number of hydrogen-bond donors (Lipinski definition) is 1. The van der Waals surface area contributed by atoms with Crippen LogP contribution in [0.15, 0.2) is 18.2 Å². The van der Waals surface area contributed by atoms with Gasteiger partial charge in [0.05, 0.1) is 11.1 Å². The quantitative estimate of drug-likeness (QED) is 0.909. The van der Waals surface area contributed by atoms with E-state index in [9.17, 15) is 9.18 Å². The van der Waals surface area contributed by atoms with Gasteiger partial charge in [-0.25, -0.2) is 4.39 Å². The zero-order valence-electron chi connectivity index (χ0n) is 11.8. The number of nitrogens with zero attached hydrogens (tertiary/aromatic N) is 1. The molecular formula is C15H19FN2OS. The molecule has 1 aromatic heterocycles. The van der Waals surface area contributed by atoms with Crippen LogP contribution >= 0.6 is 11.3 Å². The van der Waals surface area contributed by atoms with Crippen molar-refractivity contribution in [3.63, 3.8) is 0 Å². The van der Waals surface area contributed by atoms with Crippen LogP contribution in [0, 0.1) is 5.82 Å². The topological polar surface area (TPSA) is 46.3 Å². The molecule has 0 radical (unpaired) electrons. The first-order valence-corrected chi connectivity index (χ1v) is 7.67. The van der Waals surface area contributed by atoms with E-state index in [1.54, 1.807) is 17.0 Å². The molecule has 0 aliphatic heterocycles. The molecule has 0 saturated heterocycles. The van der Waals surface area contributed by atoms with Crippen molar-refractivity contribution in [2.45, 2.75) is 26.7 Å². The molecule has 0 saturated carbocycles. The molecule has 20 heavy (non-hydrogen) atoms. The van der Waals surface area contributed by atoms with Gasteiger partial charge in [-0.1, -0.05) is 19.9 Å². The third-order valence-corrected chi connectivity index (χ3v) is 4.33. The van der Waals surface area contributed by atoms with Crippen LogP contribution in [-0.2, 0) is 0 Å². The maximum atomic E-state index is 13.8. The minimum atomic E-state index is -0.368. The zero-order valence-corrected chi connectivity index (χ0v) is 12.6. The summed E-state index contributed by atoms with van der Waals surface area (Å²) in [5.74, 6) is -0.459. The van der Waals surface area contributed by atoms with Crippen molar-refractivity contribution in [1.82, 2.24) is 4.90 Å². The number of nitrogen functional groups attached to an aromatic ring is 1. The molecule has 0 spiro atoms. The fraction of sp³-hybridized carbons (Fsp3) is 0.400. The van der Waals surface area contributed by atoms with Crippen molar-refractivity contribution < 1.29 is 9.18 Å². The summed E-state index contributed by atoms with van der Waals surface area (Å²) in [7, 11) is 0. The van der Waals surface area contributed by atoms with Crippen LogP contribution in [0.4, 0.5) is 10.1 Å². The third kappa shape index (κ3) is 2.63. The molecular weight excluding hydrogens is 275 g/mol. The van der Waals surface area contributed by atoms with Crippen LogP contribution in [0.1, 0.15) is 36.4 Å². The highest BCUT2D eigenvalue weighted by Gasteiger charge is 2.22. The summed E-state index contributed by atoms with van der Waals surface area (Å²) >= 11 is 1.27. The zero-order chi connectivity index (χ0) is 14.7. The molecule has 0 bridgehead atoms. The van der Waals surface area contributed by atoms with Gasteiger partial charge in [0.25, 0.3) is 5.91 Å². The van der Waals surface area contributed by atoms with E-state index >= 15 is 0 Å². The van der Waals surface area contributed by atoms with Crippen LogP contribution in [0.2, 0.25) is 0 Å². The fourth-order valence-electron chi connectivity index (χ4n) is 2.29. The third-order valence-electron chi connectivity index (χ3n) is 3.17. The fourth-order valence-corrected chi connectivity index (χ4v) is 3.39. The average molecular weight is 294 g/mol. The largest absolute Gasteiger partial charge is 0.397 e. The van der Waals surface area contributed by atoms with Gasteiger partial charge >= 0.3 is 0 Å². The van der Waals surface area contributed by atoms with Crippen molar-refractivity contribution >= 4 is 33.0 Å². The summed E-state index contributed by atoms with van der Waals surface area (Å²) in [6.07, 6.45) is 1.79. The van der Waals surface area contributed by atoms with E-state index in [-0.39, 0.29) is 17.4 Å². The lowest BCUT2D eigenvalue weighted by Gasteiger charge is -2.20. The van der Waals surface area contributed by atoms with Crippen molar-refractivity contribution in [1.29, 1.82) is 0 Å². The normalized spacial score (nSPS) is 10.9. The first kappa shape index (κ1) is 14.8. The molecule has 2 rings (SSSR count). The van der Waals surface area contributed by atoms with Gasteiger partial charge in [0.15, 0.2) is 0 Å². The van der Waals surface area contributed by atoms with Crippen LogP contribution in [-0.4, -0.2) is 23.9 Å². The molecule has 0 fully saturated rings. The first-order valence-electron chi connectivity index (χ1n) is 6.85. The van der Waals surface area contributed by atoms with Gasteiger partial charge in [0.2, 0.25) is 0 Å². The summed E-state index contributed by atoms with van der Waals surface area (Å²) in [5.41, 5.74) is 6.26. The van der Waals surface area contributed by atoms with E-state index in [0.29, 0.717) is 23.4 Å². The van der Waals surface area contributed by atoms with Crippen molar-refractivity contribution in [3.05, 3.63) is 28.9 Å². The van der Waals surface area contributed by atoms with Gasteiger partial charge in [-0.2, -0.15) is 0 Å². The standard InChI is InChI=1S/C15H19FN2OS/c1-3-8-18(9-4-2)15(19)14-13(17)12-10(16)6-5-7-11(12)20-14/h5-7H,3-4,8-9,17H2,1-2H3. The first-order chi connectivity index (χ1) is 9.60. The monoisotopic (exact) mass is 294 g/mol. The Balaban J connectivity index is 2.44. The maximum absolute atomic E-state index is 13.8. The van der Waals surface area contributed by atoms with Crippen molar-refractivity contribution in [2.24, 2.45) is 0 Å². The number of thiophene rings is 1. The van der Waals surface area contributed by atoms with Crippen LogP contribution in [0.3, 0.4) is 0 Å². The number of rotatable bonds is 5. The predicted octanol–water partition coefficient (Wildman–Crippen LogP) is 3.88. The SMILES string of the molecule is CCCN(CCC)C(=O)c1sc2cccc(F)c2c1N. The van der Waals surface area contributed by atoms with E-state index in [2.05, 4.69) is 0 Å². The second-order valence-corrected chi connectivity index (χ2v) is 5.80. The maximum Gasteiger partial charge on any atom is 0.266 e. The number of carbonyl (C=O) groups excluding carboxylic acids is 1. The number of nitrogens with two attached hydrogens (primary N) is 1. The summed E-state index contributed by atoms with van der Waals surface area (Å²) in [6, 6.07) is 4.80. The summed E-state index contributed by atoms with van der Waals surface area (Å²) < 4.78 is 14.5. The molecule has 2 aromatic rings. The minimum Gasteiger partial charge on any atom is -0.397 e. The van der Waals surface area contributed by atoms with E-state index in [1.165, 1.54) is 17.4 Å². The van der Waals surface area contributed by atoms with E-state index < -0.39 is 0 Å². The highest BCUT2D eigenvalue weighted by Crippen LogP contribution is 2.36. The van der Waals surface area contributed by atoms with Gasteiger partial charge in [-0.3, -0.25) is 4.79 Å². The van der Waals surface area contributed by atoms with E-state index in [0.717, 1.165) is 17.5 Å². The predicted molar refractivity (Wildman–Crippen MR) is 82.7 cm³/mol. The molecule has 0 unspecified atom stereocenters. The Morgan fingerprint density at radius 3 is 2.50 bits per heavy atom. The number of fused-ring (bicyclic) bond motifs is 1. The molecule has 1 heterocycles. The number of carbonyl (C=O) groups is 1. The Morgan fingerprint density at radius 2 is 1.95 bits per heavy atom. The number of benzene rings is 1. The smallest absolute Gasteiger partial charge is 0.266 e. The lowest BCUT2D eigenvalue weighted by Crippen LogP contribution is -2.32. The molecule has 5 heteroatoms. The molecule has 0 aliphatic carbocycles. The van der Waals surface area contributed by atoms with Gasteiger partial charge in [-0.05, 0) is 25.0 Å². The second kappa shape index (κ2) is 6.22. The molecule has 0 atom stereocenters. The highest BCUT2D eigenvalue weighted by atomic mass is 32.1. The average Bonchev–Trinajstić information content (AvgIpc) is 2.76. The molecule has 1 amide bonds. The molecule has 0 aliphatic rings. The molecule has 108 valence electrons. The lowest BCUT2D eigenvalue weighted by atomic mass is 10.2. The Bertz CT molecular complexity index is 618. The summed E-state index contributed by atoms with van der Waals surface area (Å²) in [4.78, 5) is 14.8. The Labute approximate surface area is 122 Å².